The van der Waals surface area contributed by atoms with Gasteiger partial charge in [-0.15, -0.1) is 18.3 Å². The van der Waals surface area contributed by atoms with Crippen LogP contribution in [0.4, 0.5) is 0 Å². The normalized spacial score (nSPS) is 23.2. The number of aliphatic hydroxyl groups excluding tert-OH is 3. The first-order chi connectivity index (χ1) is 29.9. The van der Waals surface area contributed by atoms with Gasteiger partial charge in [0.15, 0.2) is 0 Å². The molecule has 0 aromatic heterocycles. The van der Waals surface area contributed by atoms with E-state index in [1.54, 1.807) is 47.0 Å². The number of hydrogen-bond acceptors (Lipinski definition) is 12. The summed E-state index contributed by atoms with van der Waals surface area (Å²) in [5, 5.41) is 43.5. The van der Waals surface area contributed by atoms with Crippen LogP contribution in [-0.2, 0) is 14.3 Å². The first-order valence-corrected chi connectivity index (χ1v) is 22.3. The van der Waals surface area contributed by atoms with E-state index in [1.165, 1.54) is 12.0 Å². The first kappa shape index (κ1) is 45.8. The van der Waals surface area contributed by atoms with Crippen molar-refractivity contribution >= 4 is 23.4 Å². The zero-order valence-electron chi connectivity index (χ0n) is 35.0. The molecule has 6 atom stereocenters. The molecule has 0 spiro atoms. The number of amides is 1. The average molecular weight is 854 g/mol. The highest BCUT2D eigenvalue weighted by Crippen LogP contribution is 2.62. The summed E-state index contributed by atoms with van der Waals surface area (Å²) < 4.78 is 26.6. The van der Waals surface area contributed by atoms with E-state index in [4.69, 9.17) is 23.8 Å². The molecule has 3 aromatic rings. The fourth-order valence-electron chi connectivity index (χ4n) is 9.27. The fraction of sp³-hybridized carbons (Fsp3) is 0.479. The van der Waals surface area contributed by atoms with E-state index in [1.807, 2.05) is 30.3 Å². The van der Waals surface area contributed by atoms with Gasteiger partial charge >= 0.3 is 0 Å². The molecule has 2 aliphatic carbocycles. The predicted octanol–water partition coefficient (Wildman–Crippen LogP) is 7.14. The number of allylic oxidation sites excluding steroid dienone is 1. The number of hydrogen-bond donors (Lipinski definition) is 3. The van der Waals surface area contributed by atoms with Gasteiger partial charge in [-0.1, -0.05) is 48.3 Å². The zero-order chi connectivity index (χ0) is 43.0. The molecule has 0 saturated heterocycles. The average Bonchev–Trinajstić information content (AvgIpc) is 3.29. The molecule has 3 aliphatic rings. The number of unbranched alkanes of at least 4 members (excludes halogenated alkanes) is 2. The minimum Gasteiger partial charge on any atom is -0.493 e. The second-order valence-electron chi connectivity index (χ2n) is 15.5. The molecule has 1 saturated carbocycles. The Morgan fingerprint density at radius 3 is 2.48 bits per heavy atom. The van der Waals surface area contributed by atoms with Crippen molar-refractivity contribution in [1.82, 2.24) is 4.90 Å². The van der Waals surface area contributed by atoms with Crippen molar-refractivity contribution in [3.05, 3.63) is 114 Å². The highest BCUT2D eigenvalue weighted by molar-refractivity contribution is 7.99. The lowest BCUT2D eigenvalue weighted by Crippen LogP contribution is -2.70. The van der Waals surface area contributed by atoms with Crippen molar-refractivity contribution in [2.24, 2.45) is 22.9 Å². The van der Waals surface area contributed by atoms with E-state index in [0.29, 0.717) is 47.8 Å². The van der Waals surface area contributed by atoms with Gasteiger partial charge in [-0.2, -0.15) is 5.26 Å². The number of oxime groups is 1. The molecule has 3 N–H and O–H groups in total. The Morgan fingerprint density at radius 2 is 1.77 bits per heavy atom. The summed E-state index contributed by atoms with van der Waals surface area (Å²) in [5.41, 5.74) is 3.38. The van der Waals surface area contributed by atoms with Crippen LogP contribution >= 0.6 is 11.8 Å². The topological polar surface area (TPSA) is 163 Å². The summed E-state index contributed by atoms with van der Waals surface area (Å²) in [5.74, 6) is -0.233. The lowest BCUT2D eigenvalue weighted by molar-refractivity contribution is -0.254. The second kappa shape index (κ2) is 23.0. The number of thioether (sulfide) groups is 1. The summed E-state index contributed by atoms with van der Waals surface area (Å²) in [6, 6.07) is 24.1. The van der Waals surface area contributed by atoms with Crippen molar-refractivity contribution in [1.29, 1.82) is 5.26 Å². The van der Waals surface area contributed by atoms with E-state index in [-0.39, 0.29) is 76.3 Å². The zero-order valence-corrected chi connectivity index (χ0v) is 35.8. The second-order valence-corrected chi connectivity index (χ2v) is 16.7. The van der Waals surface area contributed by atoms with Crippen molar-refractivity contribution in [2.75, 3.05) is 65.7 Å². The molecule has 61 heavy (non-hydrogen) atoms. The van der Waals surface area contributed by atoms with Crippen LogP contribution in [0.1, 0.15) is 72.3 Å². The number of carbonyl (C=O) groups excluding carboxylic acids is 1. The number of nitriles is 1. The number of nitrogens with zero attached hydrogens (tertiary/aromatic N) is 3. The number of ether oxygens (including phenoxy) is 4. The Bertz CT molecular complexity index is 1990. The lowest BCUT2D eigenvalue weighted by atomic mass is 9.55. The summed E-state index contributed by atoms with van der Waals surface area (Å²) >= 11 is 1.73. The molecule has 1 fully saturated rings. The van der Waals surface area contributed by atoms with E-state index in [9.17, 15) is 25.4 Å². The fourth-order valence-corrected chi connectivity index (χ4v) is 10.0. The van der Waals surface area contributed by atoms with Crippen LogP contribution in [0.25, 0.3) is 0 Å². The van der Waals surface area contributed by atoms with E-state index in [0.717, 1.165) is 42.6 Å². The van der Waals surface area contributed by atoms with Gasteiger partial charge < -0.3 is 44.0 Å². The summed E-state index contributed by atoms with van der Waals surface area (Å²) in [6.45, 7) is 5.00. The standard InChI is InChI=1S/C48H59N3O9S/c1-3-25-59-48-44(51(21-26-57-27-24-54)47(55)35-17-15-34(33-49)16-18-35)32-42(50-56-2)40-30-36(11-7-9-22-52)39(14-8-10-23-53)45(46(40)48)41-31-37(19-20-43(41)60-48)58-28-29-61-38-12-5-4-6-13-38/h3-6,12-13,15-20,30-31,36,39,44-46,52-54H,1,7-11,14,21-29,32H2,2H3/t36-,39+,44-,45+,46+,48+/m0/s1. The molecule has 0 radical (unpaired) electrons. The highest BCUT2D eigenvalue weighted by Gasteiger charge is 2.65. The molecule has 6 rings (SSSR count). The van der Waals surface area contributed by atoms with Gasteiger partial charge in [0, 0.05) is 53.9 Å². The number of aliphatic hydroxyl groups is 3. The molecule has 326 valence electrons. The Morgan fingerprint density at radius 1 is 1.00 bits per heavy atom. The Labute approximate surface area is 363 Å². The van der Waals surface area contributed by atoms with Crippen molar-refractivity contribution < 1.29 is 43.9 Å². The van der Waals surface area contributed by atoms with Gasteiger partial charge in [-0.05, 0) is 97.7 Å². The Kier molecular flexibility index (Phi) is 17.3. The molecule has 0 bridgehead atoms. The van der Waals surface area contributed by atoms with Crippen LogP contribution in [0.3, 0.4) is 0 Å². The Balaban J connectivity index is 1.51. The summed E-state index contributed by atoms with van der Waals surface area (Å²) in [4.78, 5) is 23.4. The number of rotatable bonds is 24. The molecule has 13 heteroatoms. The molecule has 1 amide bonds. The molecule has 0 unspecified atom stereocenters. The summed E-state index contributed by atoms with van der Waals surface area (Å²) in [7, 11) is 1.52. The first-order valence-electron chi connectivity index (χ1n) is 21.3. The van der Waals surface area contributed by atoms with E-state index in [2.05, 4.69) is 42.1 Å². The van der Waals surface area contributed by atoms with Crippen molar-refractivity contribution in [3.63, 3.8) is 0 Å². The number of benzene rings is 3. The molecular formula is C48H59N3O9S. The summed E-state index contributed by atoms with van der Waals surface area (Å²) in [6.07, 6.45) is 8.77. The van der Waals surface area contributed by atoms with Gasteiger partial charge in [-0.3, -0.25) is 4.79 Å². The molecule has 12 nitrogen and oxygen atoms in total. The smallest absolute Gasteiger partial charge is 0.254 e. The van der Waals surface area contributed by atoms with E-state index < -0.39 is 17.7 Å². The van der Waals surface area contributed by atoms with Crippen LogP contribution in [0.5, 0.6) is 11.5 Å². The van der Waals surface area contributed by atoms with Gasteiger partial charge in [0.2, 0.25) is 5.79 Å². The maximum atomic E-state index is 14.9. The third kappa shape index (κ3) is 10.9. The SMILES string of the molecule is C=CCO[C@@]12Oc3ccc(OCCSc4ccccc4)cc3[C@H]3[C@H](CCCCO)[C@@H](CCCCO)C=C(C(=NOC)C[C@@H]1N(CCOCCO)C(=O)c1ccc(C#N)cc1)[C@H]32. The van der Waals surface area contributed by atoms with Gasteiger partial charge in [0.1, 0.15) is 24.7 Å². The largest absolute Gasteiger partial charge is 0.493 e. The van der Waals surface area contributed by atoms with Crippen LogP contribution in [0.15, 0.2) is 107 Å². The van der Waals surface area contributed by atoms with Crippen molar-refractivity contribution in [2.45, 2.75) is 67.6 Å². The predicted molar refractivity (Wildman–Crippen MR) is 235 cm³/mol. The number of fused-ring (bicyclic) bond motifs is 2. The minimum absolute atomic E-state index is 0.0512. The maximum Gasteiger partial charge on any atom is 0.254 e. The third-order valence-electron chi connectivity index (χ3n) is 11.8. The highest BCUT2D eigenvalue weighted by atomic mass is 32.2. The van der Waals surface area contributed by atoms with Crippen molar-refractivity contribution in [3.8, 4) is 17.6 Å². The van der Waals surface area contributed by atoms with Gasteiger partial charge in [-0.25, -0.2) is 0 Å². The minimum atomic E-state index is -1.45. The molecular weight excluding hydrogens is 795 g/mol. The van der Waals surface area contributed by atoms with Crippen LogP contribution < -0.4 is 9.47 Å². The Hall–Kier alpha value is -4.68. The van der Waals surface area contributed by atoms with Crippen LogP contribution in [-0.4, -0.2) is 109 Å². The number of carbonyl (C=O) groups is 1. The quantitative estimate of drug-likeness (QED) is 0.0363. The monoisotopic (exact) mass is 853 g/mol. The molecule has 3 aromatic carbocycles. The maximum absolute atomic E-state index is 14.9. The molecule has 1 aliphatic heterocycles. The molecule has 1 heterocycles. The van der Waals surface area contributed by atoms with Crippen LogP contribution in [0, 0.1) is 29.1 Å². The van der Waals surface area contributed by atoms with Gasteiger partial charge in [0.25, 0.3) is 5.91 Å². The van der Waals surface area contributed by atoms with Crippen LogP contribution in [0.2, 0.25) is 0 Å². The van der Waals surface area contributed by atoms with Gasteiger partial charge in [0.05, 0.1) is 56.3 Å². The third-order valence-corrected chi connectivity index (χ3v) is 12.8. The lowest BCUT2D eigenvalue weighted by Gasteiger charge is -2.60. The van der Waals surface area contributed by atoms with E-state index >= 15 is 0 Å².